The number of nitrogens with two attached hydrogens (primary N) is 1. The third kappa shape index (κ3) is 4.49. The smallest absolute Gasteiger partial charge is 0.244 e. The van der Waals surface area contributed by atoms with E-state index < -0.39 is 6.04 Å². The van der Waals surface area contributed by atoms with Gasteiger partial charge in [0.2, 0.25) is 11.8 Å². The molecular formula is C14H27N3O2. The summed E-state index contributed by atoms with van der Waals surface area (Å²) in [7, 11) is 3.38. The Labute approximate surface area is 115 Å². The van der Waals surface area contributed by atoms with E-state index in [-0.39, 0.29) is 23.8 Å². The van der Waals surface area contributed by atoms with Crippen molar-refractivity contribution in [3.63, 3.8) is 0 Å². The number of carbonyl (C=O) groups is 2. The van der Waals surface area contributed by atoms with Gasteiger partial charge in [0.15, 0.2) is 0 Å². The summed E-state index contributed by atoms with van der Waals surface area (Å²) < 4.78 is 0. The Bertz CT molecular complexity index is 331. The van der Waals surface area contributed by atoms with Gasteiger partial charge in [-0.15, -0.1) is 0 Å². The van der Waals surface area contributed by atoms with Gasteiger partial charge in [-0.25, -0.2) is 0 Å². The highest BCUT2D eigenvalue weighted by Gasteiger charge is 2.30. The predicted molar refractivity (Wildman–Crippen MR) is 75.4 cm³/mol. The van der Waals surface area contributed by atoms with Crippen molar-refractivity contribution < 1.29 is 9.59 Å². The van der Waals surface area contributed by atoms with E-state index in [1.807, 2.05) is 6.92 Å². The van der Waals surface area contributed by atoms with Crippen molar-refractivity contribution in [2.75, 3.05) is 14.1 Å². The van der Waals surface area contributed by atoms with Crippen LogP contribution in [0.4, 0.5) is 0 Å². The number of hydrogen-bond donors (Lipinski definition) is 2. The van der Waals surface area contributed by atoms with Gasteiger partial charge in [-0.3, -0.25) is 9.59 Å². The molecule has 4 unspecified atom stereocenters. The Hall–Kier alpha value is -1.10. The SMILES string of the molecule is CC(NC(=O)C(C)C1CCCC(N)C1)C(=O)N(C)C. The van der Waals surface area contributed by atoms with Crippen molar-refractivity contribution in [1.82, 2.24) is 10.2 Å². The highest BCUT2D eigenvalue weighted by molar-refractivity contribution is 5.87. The molecule has 2 amide bonds. The zero-order valence-corrected chi connectivity index (χ0v) is 12.5. The first-order chi connectivity index (χ1) is 8.82. The Morgan fingerprint density at radius 2 is 1.89 bits per heavy atom. The second-order valence-corrected chi connectivity index (χ2v) is 5.94. The van der Waals surface area contributed by atoms with Gasteiger partial charge in [0.05, 0.1) is 0 Å². The maximum Gasteiger partial charge on any atom is 0.244 e. The van der Waals surface area contributed by atoms with E-state index in [0.29, 0.717) is 5.92 Å². The van der Waals surface area contributed by atoms with Crippen molar-refractivity contribution in [3.05, 3.63) is 0 Å². The Balaban J connectivity index is 2.50. The Kier molecular flexibility index (Phi) is 5.79. The first kappa shape index (κ1) is 16.0. The largest absolute Gasteiger partial charge is 0.347 e. The number of likely N-dealkylation sites (N-methyl/N-ethyl adjacent to an activating group) is 1. The molecule has 0 saturated heterocycles. The molecule has 3 N–H and O–H groups in total. The van der Waals surface area contributed by atoms with E-state index in [4.69, 9.17) is 5.73 Å². The van der Waals surface area contributed by atoms with Gasteiger partial charge in [0.1, 0.15) is 6.04 Å². The van der Waals surface area contributed by atoms with Crippen LogP contribution in [0.2, 0.25) is 0 Å². The molecule has 0 aliphatic heterocycles. The monoisotopic (exact) mass is 269 g/mol. The lowest BCUT2D eigenvalue weighted by Gasteiger charge is -2.31. The molecule has 5 nitrogen and oxygen atoms in total. The van der Waals surface area contributed by atoms with Crippen LogP contribution in [-0.2, 0) is 9.59 Å². The second kappa shape index (κ2) is 6.89. The molecule has 0 spiro atoms. The van der Waals surface area contributed by atoms with Crippen LogP contribution < -0.4 is 11.1 Å². The van der Waals surface area contributed by atoms with Gasteiger partial charge in [-0.05, 0) is 32.1 Å². The summed E-state index contributed by atoms with van der Waals surface area (Å²) in [4.78, 5) is 25.4. The fraction of sp³-hybridized carbons (Fsp3) is 0.857. The zero-order chi connectivity index (χ0) is 14.6. The zero-order valence-electron chi connectivity index (χ0n) is 12.5. The van der Waals surface area contributed by atoms with Crippen LogP contribution in [0, 0.1) is 11.8 Å². The lowest BCUT2D eigenvalue weighted by Crippen LogP contribution is -2.47. The van der Waals surface area contributed by atoms with Crippen molar-refractivity contribution in [2.24, 2.45) is 17.6 Å². The van der Waals surface area contributed by atoms with Crippen LogP contribution in [-0.4, -0.2) is 42.9 Å². The number of carbonyl (C=O) groups excluding carboxylic acids is 2. The fourth-order valence-electron chi connectivity index (χ4n) is 2.73. The highest BCUT2D eigenvalue weighted by Crippen LogP contribution is 2.29. The van der Waals surface area contributed by atoms with Crippen molar-refractivity contribution in [2.45, 2.75) is 51.6 Å². The highest BCUT2D eigenvalue weighted by atomic mass is 16.2. The minimum atomic E-state index is -0.470. The number of rotatable bonds is 4. The first-order valence-electron chi connectivity index (χ1n) is 7.10. The number of amides is 2. The summed E-state index contributed by atoms with van der Waals surface area (Å²) in [5.41, 5.74) is 5.96. The lowest BCUT2D eigenvalue weighted by molar-refractivity contribution is -0.135. The summed E-state index contributed by atoms with van der Waals surface area (Å²) in [6, 6.07) is -0.253. The topological polar surface area (TPSA) is 75.4 Å². The molecule has 0 aromatic rings. The van der Waals surface area contributed by atoms with Gasteiger partial charge >= 0.3 is 0 Å². The Morgan fingerprint density at radius 1 is 1.26 bits per heavy atom. The molecule has 19 heavy (non-hydrogen) atoms. The number of nitrogens with zero attached hydrogens (tertiary/aromatic N) is 1. The molecule has 1 rings (SSSR count). The van der Waals surface area contributed by atoms with Crippen LogP contribution in [0.25, 0.3) is 0 Å². The summed E-state index contributed by atoms with van der Waals surface area (Å²) in [6.07, 6.45) is 4.11. The van der Waals surface area contributed by atoms with Gasteiger partial charge in [-0.2, -0.15) is 0 Å². The van der Waals surface area contributed by atoms with E-state index >= 15 is 0 Å². The van der Waals surface area contributed by atoms with Gasteiger partial charge in [0.25, 0.3) is 0 Å². The molecule has 5 heteroatoms. The van der Waals surface area contributed by atoms with Gasteiger partial charge in [-0.1, -0.05) is 13.3 Å². The maximum absolute atomic E-state index is 12.2. The van der Waals surface area contributed by atoms with Gasteiger partial charge < -0.3 is 16.0 Å². The van der Waals surface area contributed by atoms with Crippen LogP contribution in [0.3, 0.4) is 0 Å². The average molecular weight is 269 g/mol. The molecule has 1 aliphatic rings. The van der Waals surface area contributed by atoms with E-state index in [9.17, 15) is 9.59 Å². The average Bonchev–Trinajstić information content (AvgIpc) is 2.36. The third-order valence-electron chi connectivity index (χ3n) is 4.05. The van der Waals surface area contributed by atoms with Crippen LogP contribution in [0.15, 0.2) is 0 Å². The molecule has 1 aliphatic carbocycles. The van der Waals surface area contributed by atoms with E-state index in [0.717, 1.165) is 25.7 Å². The molecule has 1 fully saturated rings. The second-order valence-electron chi connectivity index (χ2n) is 5.94. The van der Waals surface area contributed by atoms with Gasteiger partial charge in [0, 0.05) is 26.1 Å². The molecule has 4 atom stereocenters. The summed E-state index contributed by atoms with van der Waals surface area (Å²) in [6.45, 7) is 3.66. The van der Waals surface area contributed by atoms with E-state index in [1.165, 1.54) is 4.90 Å². The minimum absolute atomic E-state index is 0.0400. The summed E-state index contributed by atoms with van der Waals surface area (Å²) in [5, 5.41) is 2.80. The lowest BCUT2D eigenvalue weighted by atomic mass is 9.78. The standard InChI is InChI=1S/C14H27N3O2/c1-9(11-6-5-7-12(15)8-11)13(18)16-10(2)14(19)17(3)4/h9-12H,5-8,15H2,1-4H3,(H,16,18). The first-order valence-corrected chi connectivity index (χ1v) is 7.10. The quantitative estimate of drug-likeness (QED) is 0.790. The normalized spacial score (nSPS) is 26.4. The minimum Gasteiger partial charge on any atom is -0.347 e. The van der Waals surface area contributed by atoms with Crippen LogP contribution in [0.5, 0.6) is 0 Å². The summed E-state index contributed by atoms with van der Waals surface area (Å²) in [5.74, 6) is 0.136. The molecule has 0 aromatic heterocycles. The molecule has 1 saturated carbocycles. The van der Waals surface area contributed by atoms with Crippen LogP contribution in [0.1, 0.15) is 39.5 Å². The molecule has 110 valence electrons. The molecule has 0 aromatic carbocycles. The molecular weight excluding hydrogens is 242 g/mol. The molecule has 0 radical (unpaired) electrons. The fourth-order valence-corrected chi connectivity index (χ4v) is 2.73. The maximum atomic E-state index is 12.2. The third-order valence-corrected chi connectivity index (χ3v) is 4.05. The molecule has 0 bridgehead atoms. The van der Waals surface area contributed by atoms with Crippen molar-refractivity contribution in [1.29, 1.82) is 0 Å². The van der Waals surface area contributed by atoms with Crippen molar-refractivity contribution in [3.8, 4) is 0 Å². The summed E-state index contributed by atoms with van der Waals surface area (Å²) >= 11 is 0. The molecule has 0 heterocycles. The number of nitrogens with one attached hydrogen (secondary N) is 1. The van der Waals surface area contributed by atoms with E-state index in [2.05, 4.69) is 5.32 Å². The Morgan fingerprint density at radius 3 is 2.42 bits per heavy atom. The van der Waals surface area contributed by atoms with E-state index in [1.54, 1.807) is 21.0 Å². The van der Waals surface area contributed by atoms with Crippen molar-refractivity contribution >= 4 is 11.8 Å². The predicted octanol–water partition coefficient (Wildman–Crippen LogP) is 0.733. The number of hydrogen-bond acceptors (Lipinski definition) is 3. The van der Waals surface area contributed by atoms with Crippen LogP contribution >= 0.6 is 0 Å².